The third kappa shape index (κ3) is 3.30. The van der Waals surface area contributed by atoms with Crippen molar-refractivity contribution in [2.45, 2.75) is 29.9 Å². The summed E-state index contributed by atoms with van der Waals surface area (Å²) in [4.78, 5) is 38.1. The molecule has 5 nitrogen and oxygen atoms in total. The minimum atomic E-state index is -1.30. The smallest absolute Gasteiger partial charge is 0.247 e. The fourth-order valence-electron chi connectivity index (χ4n) is 2.87. The Morgan fingerprint density at radius 1 is 1.16 bits per heavy atom. The highest BCUT2D eigenvalue weighted by molar-refractivity contribution is 8.00. The van der Waals surface area contributed by atoms with E-state index in [4.69, 9.17) is 0 Å². The Balaban J connectivity index is 1.89. The van der Waals surface area contributed by atoms with Gasteiger partial charge in [-0.15, -0.1) is 11.8 Å². The number of aryl methyl sites for hydroxylation is 1. The number of rotatable bonds is 5. The Bertz CT molecular complexity index is 849. The lowest BCUT2D eigenvalue weighted by Gasteiger charge is -2.18. The molecule has 0 saturated carbocycles. The lowest BCUT2D eigenvalue weighted by atomic mass is 10.1. The normalized spacial score (nSPS) is 17.2. The molecule has 0 spiro atoms. The van der Waals surface area contributed by atoms with E-state index in [9.17, 15) is 19.5 Å². The lowest BCUT2D eigenvalue weighted by Crippen LogP contribution is -2.32. The number of carbonyl (C=O) groups excluding carboxylic acids is 3. The Labute approximate surface area is 149 Å². The van der Waals surface area contributed by atoms with Gasteiger partial charge in [-0.2, -0.15) is 0 Å². The number of anilines is 1. The molecule has 0 aliphatic carbocycles. The van der Waals surface area contributed by atoms with Crippen molar-refractivity contribution < 1.29 is 19.5 Å². The van der Waals surface area contributed by atoms with Gasteiger partial charge in [0.1, 0.15) is 0 Å². The first kappa shape index (κ1) is 17.2. The average molecular weight is 354 g/mol. The van der Waals surface area contributed by atoms with Gasteiger partial charge in [-0.25, -0.2) is 4.90 Å². The Morgan fingerprint density at radius 3 is 2.56 bits per heavy atom. The van der Waals surface area contributed by atoms with Crippen LogP contribution in [0.4, 0.5) is 5.69 Å². The van der Waals surface area contributed by atoms with Gasteiger partial charge in [0.2, 0.25) is 11.8 Å². The molecule has 25 heavy (non-hydrogen) atoms. The van der Waals surface area contributed by atoms with E-state index < -0.39 is 11.2 Å². The van der Waals surface area contributed by atoms with Gasteiger partial charge in [0.15, 0.2) is 0 Å². The first-order chi connectivity index (χ1) is 12.0. The van der Waals surface area contributed by atoms with Crippen LogP contribution in [0.25, 0.3) is 0 Å². The minimum Gasteiger partial charge on any atom is -0.545 e. The molecular weight excluding hydrogens is 338 g/mol. The Morgan fingerprint density at radius 2 is 1.84 bits per heavy atom. The van der Waals surface area contributed by atoms with Gasteiger partial charge in [0.05, 0.1) is 16.9 Å². The maximum Gasteiger partial charge on any atom is 0.247 e. The van der Waals surface area contributed by atoms with E-state index in [0.717, 1.165) is 17.3 Å². The molecule has 1 heterocycles. The molecule has 3 rings (SSSR count). The van der Waals surface area contributed by atoms with Crippen molar-refractivity contribution in [3.05, 3.63) is 59.7 Å². The van der Waals surface area contributed by atoms with E-state index in [1.165, 1.54) is 11.0 Å². The molecule has 0 bridgehead atoms. The fraction of sp³-hybridized carbons (Fsp3) is 0.211. The number of imide groups is 1. The second-order valence-electron chi connectivity index (χ2n) is 5.64. The molecule has 0 radical (unpaired) electrons. The zero-order chi connectivity index (χ0) is 18.0. The highest BCUT2D eigenvalue weighted by Crippen LogP contribution is 2.36. The number of carboxylic acids is 1. The number of aromatic carboxylic acids is 1. The summed E-state index contributed by atoms with van der Waals surface area (Å²) in [6, 6.07) is 13.7. The predicted octanol–water partition coefficient (Wildman–Crippen LogP) is 2.04. The number of para-hydroxylation sites is 1. The summed E-state index contributed by atoms with van der Waals surface area (Å²) < 4.78 is 0. The molecule has 2 amide bonds. The maximum atomic E-state index is 12.8. The molecule has 1 fully saturated rings. The molecule has 1 unspecified atom stereocenters. The molecule has 1 aliphatic rings. The molecule has 0 N–H and O–H groups in total. The molecule has 2 aromatic rings. The zero-order valence-electron chi connectivity index (χ0n) is 13.6. The largest absolute Gasteiger partial charge is 0.545 e. The molecule has 1 aliphatic heterocycles. The van der Waals surface area contributed by atoms with Gasteiger partial charge in [0, 0.05) is 16.9 Å². The number of carboxylic acid groups (broad SMARTS) is 1. The van der Waals surface area contributed by atoms with Crippen molar-refractivity contribution >= 4 is 35.2 Å². The zero-order valence-corrected chi connectivity index (χ0v) is 14.4. The van der Waals surface area contributed by atoms with Crippen molar-refractivity contribution in [1.29, 1.82) is 0 Å². The third-order valence-electron chi connectivity index (χ3n) is 4.09. The fourth-order valence-corrected chi connectivity index (χ4v) is 4.04. The minimum absolute atomic E-state index is 0.0279. The monoisotopic (exact) mass is 354 g/mol. The van der Waals surface area contributed by atoms with Crippen molar-refractivity contribution in [2.24, 2.45) is 0 Å². The number of hydrogen-bond donors (Lipinski definition) is 0. The van der Waals surface area contributed by atoms with Crippen molar-refractivity contribution in [1.82, 2.24) is 0 Å². The van der Waals surface area contributed by atoms with Crippen LogP contribution in [0.1, 0.15) is 29.3 Å². The summed E-state index contributed by atoms with van der Waals surface area (Å²) >= 11 is 1.10. The van der Waals surface area contributed by atoms with Crippen molar-refractivity contribution in [2.75, 3.05) is 4.90 Å². The third-order valence-corrected chi connectivity index (χ3v) is 5.36. The first-order valence-electron chi connectivity index (χ1n) is 7.94. The number of benzene rings is 2. The van der Waals surface area contributed by atoms with Gasteiger partial charge in [0.25, 0.3) is 0 Å². The lowest BCUT2D eigenvalue weighted by molar-refractivity contribution is -0.255. The molecule has 1 atom stereocenters. The van der Waals surface area contributed by atoms with E-state index in [2.05, 4.69) is 0 Å². The molecule has 1 saturated heterocycles. The standard InChI is InChI=1S/C19H17NO4S/c1-2-12-7-3-5-9-14(12)20-17(21)11-16(18(20)22)25-15-10-6-4-8-13(15)19(23)24/h3-10,16H,2,11H2,1H3,(H,23,24)/p-1. The van der Waals surface area contributed by atoms with E-state index >= 15 is 0 Å². The number of carbonyl (C=O) groups is 3. The Kier molecular flexibility index (Phi) is 4.90. The summed E-state index contributed by atoms with van der Waals surface area (Å²) in [5.74, 6) is -1.88. The van der Waals surface area contributed by atoms with E-state index in [0.29, 0.717) is 17.0 Å². The number of amides is 2. The van der Waals surface area contributed by atoms with E-state index in [1.807, 2.05) is 19.1 Å². The molecule has 128 valence electrons. The summed E-state index contributed by atoms with van der Waals surface area (Å²) in [5.41, 5.74) is 1.56. The van der Waals surface area contributed by atoms with Crippen LogP contribution in [0.2, 0.25) is 0 Å². The number of hydrogen-bond acceptors (Lipinski definition) is 5. The molecule has 6 heteroatoms. The van der Waals surface area contributed by atoms with E-state index in [1.54, 1.807) is 30.3 Å². The first-order valence-corrected chi connectivity index (χ1v) is 8.82. The van der Waals surface area contributed by atoms with Gasteiger partial charge in [-0.05, 0) is 24.1 Å². The molecule has 2 aromatic carbocycles. The van der Waals surface area contributed by atoms with Crippen molar-refractivity contribution in [3.8, 4) is 0 Å². The number of thioether (sulfide) groups is 1. The highest BCUT2D eigenvalue weighted by Gasteiger charge is 2.41. The topological polar surface area (TPSA) is 77.5 Å². The van der Waals surface area contributed by atoms with Gasteiger partial charge < -0.3 is 9.90 Å². The van der Waals surface area contributed by atoms with Crippen LogP contribution >= 0.6 is 11.8 Å². The number of nitrogens with zero attached hydrogens (tertiary/aromatic N) is 1. The van der Waals surface area contributed by atoms with Crippen LogP contribution in [0, 0.1) is 0 Å². The summed E-state index contributed by atoms with van der Waals surface area (Å²) in [6.07, 6.45) is 0.751. The van der Waals surface area contributed by atoms with Gasteiger partial charge >= 0.3 is 0 Å². The van der Waals surface area contributed by atoms with Crippen LogP contribution in [0.15, 0.2) is 53.4 Å². The van der Waals surface area contributed by atoms with Gasteiger partial charge in [-0.3, -0.25) is 9.59 Å². The molecule has 0 aromatic heterocycles. The van der Waals surface area contributed by atoms with Crippen molar-refractivity contribution in [3.63, 3.8) is 0 Å². The highest BCUT2D eigenvalue weighted by atomic mass is 32.2. The quantitative estimate of drug-likeness (QED) is 0.768. The van der Waals surface area contributed by atoms with Crippen LogP contribution in [0.5, 0.6) is 0 Å². The molecular formula is C19H16NO4S-. The van der Waals surface area contributed by atoms with Gasteiger partial charge in [-0.1, -0.05) is 43.3 Å². The summed E-state index contributed by atoms with van der Waals surface area (Å²) in [7, 11) is 0. The Hall–Kier alpha value is -2.60. The summed E-state index contributed by atoms with van der Waals surface area (Å²) in [5, 5.41) is 10.6. The van der Waals surface area contributed by atoms with Crippen LogP contribution in [-0.4, -0.2) is 23.0 Å². The SMILES string of the molecule is CCc1ccccc1N1C(=O)CC(Sc2ccccc2C(=O)[O-])C1=O. The average Bonchev–Trinajstić information content (AvgIpc) is 2.88. The maximum absolute atomic E-state index is 12.8. The second-order valence-corrected chi connectivity index (χ2v) is 6.89. The van der Waals surface area contributed by atoms with Crippen LogP contribution in [-0.2, 0) is 16.0 Å². The second kappa shape index (κ2) is 7.11. The summed E-state index contributed by atoms with van der Waals surface area (Å²) in [6.45, 7) is 1.96. The van der Waals surface area contributed by atoms with E-state index in [-0.39, 0.29) is 23.8 Å². The predicted molar refractivity (Wildman–Crippen MR) is 93.3 cm³/mol. The van der Waals surface area contributed by atoms with Crippen LogP contribution < -0.4 is 10.0 Å². The van der Waals surface area contributed by atoms with Crippen LogP contribution in [0.3, 0.4) is 0 Å².